The molecule has 1 aliphatic rings. The Balaban J connectivity index is 2.35. The summed E-state index contributed by atoms with van der Waals surface area (Å²) in [5.41, 5.74) is 5.36. The van der Waals surface area contributed by atoms with Gasteiger partial charge in [-0.15, -0.1) is 0 Å². The zero-order valence-electron chi connectivity index (χ0n) is 12.1. The number of rotatable bonds is 5. The molecule has 0 aliphatic heterocycles. The predicted molar refractivity (Wildman–Crippen MR) is 77.5 cm³/mol. The summed E-state index contributed by atoms with van der Waals surface area (Å²) in [6, 6.07) is 0.475. The maximum atomic E-state index is 12.6. The van der Waals surface area contributed by atoms with Crippen molar-refractivity contribution >= 4 is 5.82 Å². The van der Waals surface area contributed by atoms with Gasteiger partial charge < -0.3 is 15.2 Å². The highest BCUT2D eigenvalue weighted by Gasteiger charge is 2.32. The smallest absolute Gasteiger partial charge is 0.293 e. The second-order valence-corrected chi connectivity index (χ2v) is 6.16. The highest BCUT2D eigenvalue weighted by atomic mass is 16.1. The summed E-state index contributed by atoms with van der Waals surface area (Å²) in [5.74, 6) is 0.577. The minimum atomic E-state index is -0.224. The molecule has 0 bridgehead atoms. The summed E-state index contributed by atoms with van der Waals surface area (Å²) in [7, 11) is 0. The Hall–Kier alpha value is -1.36. The van der Waals surface area contributed by atoms with Crippen LogP contribution in [-0.4, -0.2) is 28.7 Å². The molecule has 0 aromatic carbocycles. The molecule has 5 nitrogen and oxygen atoms in total. The van der Waals surface area contributed by atoms with Crippen LogP contribution >= 0.6 is 0 Å². The lowest BCUT2D eigenvalue weighted by molar-refractivity contribution is 0.382. The van der Waals surface area contributed by atoms with E-state index in [4.69, 9.17) is 5.73 Å². The number of aromatic nitrogens is 2. The molecule has 1 aromatic rings. The fraction of sp³-hybridized carbons (Fsp3) is 0.714. The number of anilines is 1. The van der Waals surface area contributed by atoms with Crippen molar-refractivity contribution in [3.63, 3.8) is 0 Å². The maximum Gasteiger partial charge on any atom is 0.293 e. The van der Waals surface area contributed by atoms with Crippen molar-refractivity contribution in [2.24, 2.45) is 5.73 Å². The number of nitrogens with zero attached hydrogens (tertiary/aromatic N) is 3. The van der Waals surface area contributed by atoms with Crippen molar-refractivity contribution in [1.29, 1.82) is 0 Å². The molecule has 2 N–H and O–H groups in total. The molecule has 0 spiro atoms. The Labute approximate surface area is 114 Å². The van der Waals surface area contributed by atoms with Crippen molar-refractivity contribution in [3.05, 3.63) is 22.7 Å². The van der Waals surface area contributed by atoms with E-state index in [2.05, 4.69) is 9.88 Å². The molecule has 1 saturated carbocycles. The molecule has 0 atom stereocenters. The summed E-state index contributed by atoms with van der Waals surface area (Å²) in [5, 5.41) is 0. The summed E-state index contributed by atoms with van der Waals surface area (Å²) < 4.78 is 1.76. The van der Waals surface area contributed by atoms with Gasteiger partial charge in [0, 0.05) is 30.5 Å². The van der Waals surface area contributed by atoms with Crippen molar-refractivity contribution < 1.29 is 0 Å². The molecule has 0 unspecified atom stereocenters. The van der Waals surface area contributed by atoms with E-state index in [0.717, 1.165) is 25.8 Å². The number of nitrogens with two attached hydrogens (primary N) is 1. The Bertz CT molecular complexity index is 485. The number of hydrogen-bond donors (Lipinski definition) is 1. The van der Waals surface area contributed by atoms with E-state index in [1.54, 1.807) is 17.0 Å². The van der Waals surface area contributed by atoms with Crippen LogP contribution in [0.1, 0.15) is 40.0 Å². The van der Waals surface area contributed by atoms with E-state index in [9.17, 15) is 4.79 Å². The van der Waals surface area contributed by atoms with Gasteiger partial charge in [0.2, 0.25) is 0 Å². The van der Waals surface area contributed by atoms with Crippen LogP contribution in [0.25, 0.3) is 0 Å². The minimum absolute atomic E-state index is 0.000999. The first-order valence-corrected chi connectivity index (χ1v) is 7.00. The van der Waals surface area contributed by atoms with Gasteiger partial charge in [-0.2, -0.15) is 0 Å². The van der Waals surface area contributed by atoms with Crippen LogP contribution in [0.2, 0.25) is 0 Å². The molecule has 5 heteroatoms. The Kier molecular flexibility index (Phi) is 3.94. The van der Waals surface area contributed by atoms with Gasteiger partial charge in [-0.05, 0) is 46.6 Å². The molecule has 1 aromatic heterocycles. The normalized spacial score (nSPS) is 15.6. The maximum absolute atomic E-state index is 12.6. The van der Waals surface area contributed by atoms with E-state index in [-0.39, 0.29) is 11.1 Å². The molecule has 0 saturated heterocycles. The molecule has 1 fully saturated rings. The molecular weight excluding hydrogens is 240 g/mol. The molecular formula is C14H24N4O. The van der Waals surface area contributed by atoms with Crippen LogP contribution in [-0.2, 0) is 5.54 Å². The van der Waals surface area contributed by atoms with Crippen LogP contribution in [0.15, 0.2) is 17.2 Å². The van der Waals surface area contributed by atoms with Gasteiger partial charge in [0.15, 0.2) is 5.82 Å². The molecule has 19 heavy (non-hydrogen) atoms. The zero-order valence-corrected chi connectivity index (χ0v) is 12.1. The quantitative estimate of drug-likeness (QED) is 0.871. The van der Waals surface area contributed by atoms with Crippen molar-refractivity contribution in [2.45, 2.75) is 51.6 Å². The number of hydrogen-bond acceptors (Lipinski definition) is 4. The highest BCUT2D eigenvalue weighted by molar-refractivity contribution is 5.39. The van der Waals surface area contributed by atoms with Gasteiger partial charge >= 0.3 is 0 Å². The van der Waals surface area contributed by atoms with Gasteiger partial charge in [-0.1, -0.05) is 0 Å². The standard InChI is InChI=1S/C14H24N4O/c1-14(2,3)18-10-8-16-12(13(18)19)17(9-4-7-15)11-5-6-11/h8,10-11H,4-7,9,15H2,1-3H3. The van der Waals surface area contributed by atoms with E-state index in [1.165, 1.54) is 0 Å². The molecule has 106 valence electrons. The van der Waals surface area contributed by atoms with Crippen molar-refractivity contribution in [3.8, 4) is 0 Å². The van der Waals surface area contributed by atoms with Crippen LogP contribution in [0.4, 0.5) is 5.82 Å². The van der Waals surface area contributed by atoms with E-state index >= 15 is 0 Å². The summed E-state index contributed by atoms with van der Waals surface area (Å²) in [6.07, 6.45) is 6.67. The third kappa shape index (κ3) is 3.15. The first-order chi connectivity index (χ1) is 8.95. The van der Waals surface area contributed by atoms with Gasteiger partial charge in [0.1, 0.15) is 0 Å². The first-order valence-electron chi connectivity index (χ1n) is 7.00. The lowest BCUT2D eigenvalue weighted by atomic mass is 10.1. The van der Waals surface area contributed by atoms with Gasteiger partial charge in [-0.25, -0.2) is 4.98 Å². The fourth-order valence-corrected chi connectivity index (χ4v) is 2.24. The topological polar surface area (TPSA) is 64.2 Å². The van der Waals surface area contributed by atoms with E-state index in [1.807, 2.05) is 20.8 Å². The highest BCUT2D eigenvalue weighted by Crippen LogP contribution is 2.29. The lowest BCUT2D eigenvalue weighted by Gasteiger charge is -2.27. The molecule has 1 heterocycles. The minimum Gasteiger partial charge on any atom is -0.349 e. The van der Waals surface area contributed by atoms with Gasteiger partial charge in [0.25, 0.3) is 5.56 Å². The lowest BCUT2D eigenvalue weighted by Crippen LogP contribution is -2.40. The molecule has 1 aliphatic carbocycles. The third-order valence-corrected chi connectivity index (χ3v) is 3.41. The predicted octanol–water partition coefficient (Wildman–Crippen LogP) is 1.32. The van der Waals surface area contributed by atoms with Crippen LogP contribution in [0.3, 0.4) is 0 Å². The Morgan fingerprint density at radius 1 is 1.47 bits per heavy atom. The average molecular weight is 264 g/mol. The summed E-state index contributed by atoms with van der Waals surface area (Å²) >= 11 is 0. The Morgan fingerprint density at radius 3 is 2.68 bits per heavy atom. The Morgan fingerprint density at radius 2 is 2.16 bits per heavy atom. The second kappa shape index (κ2) is 5.33. The second-order valence-electron chi connectivity index (χ2n) is 6.16. The monoisotopic (exact) mass is 264 g/mol. The van der Waals surface area contributed by atoms with Gasteiger partial charge in [-0.3, -0.25) is 4.79 Å². The largest absolute Gasteiger partial charge is 0.349 e. The average Bonchev–Trinajstić information content (AvgIpc) is 3.14. The van der Waals surface area contributed by atoms with E-state index in [0.29, 0.717) is 18.4 Å². The van der Waals surface area contributed by atoms with Crippen LogP contribution < -0.4 is 16.2 Å². The van der Waals surface area contributed by atoms with Crippen molar-refractivity contribution in [1.82, 2.24) is 9.55 Å². The van der Waals surface area contributed by atoms with Gasteiger partial charge in [0.05, 0.1) is 0 Å². The zero-order chi connectivity index (χ0) is 14.0. The van der Waals surface area contributed by atoms with E-state index < -0.39 is 0 Å². The third-order valence-electron chi connectivity index (χ3n) is 3.41. The fourth-order valence-electron chi connectivity index (χ4n) is 2.24. The molecule has 0 radical (unpaired) electrons. The SMILES string of the molecule is CC(C)(C)n1ccnc(N(CCCN)C2CC2)c1=O. The van der Waals surface area contributed by atoms with Crippen LogP contribution in [0, 0.1) is 0 Å². The van der Waals surface area contributed by atoms with Crippen molar-refractivity contribution in [2.75, 3.05) is 18.0 Å². The summed E-state index contributed by atoms with van der Waals surface area (Å²) in [6.45, 7) is 7.54. The molecule has 2 rings (SSSR count). The first kappa shape index (κ1) is 14.1. The summed E-state index contributed by atoms with van der Waals surface area (Å²) in [4.78, 5) is 19.0. The van der Waals surface area contributed by atoms with Crippen LogP contribution in [0.5, 0.6) is 0 Å². The molecule has 0 amide bonds.